The van der Waals surface area contributed by atoms with Crippen molar-refractivity contribution in [1.82, 2.24) is 0 Å². The molecule has 0 N–H and O–H groups in total. The molecular formula is C91H77BN2. The first kappa shape index (κ1) is 58.6. The van der Waals surface area contributed by atoms with Crippen LogP contribution in [-0.2, 0) is 21.7 Å². The summed E-state index contributed by atoms with van der Waals surface area (Å²) in [5, 5.41) is 0. The molecule has 3 aliphatic rings. The lowest BCUT2D eigenvalue weighted by Gasteiger charge is -2.46. The first-order valence-corrected chi connectivity index (χ1v) is 33.5. The Labute approximate surface area is 556 Å². The number of hydrogen-bond donors (Lipinski definition) is 0. The monoisotopic (exact) mass is 1210 g/mol. The smallest absolute Gasteiger partial charge is 0.252 e. The summed E-state index contributed by atoms with van der Waals surface area (Å²) in [7, 11) is 0. The molecule has 94 heavy (non-hydrogen) atoms. The summed E-state index contributed by atoms with van der Waals surface area (Å²) in [5.41, 5.74) is 33.1. The van der Waals surface area contributed by atoms with Crippen LogP contribution in [0, 0.1) is 0 Å². The van der Waals surface area contributed by atoms with Crippen molar-refractivity contribution in [1.29, 1.82) is 0 Å². The van der Waals surface area contributed by atoms with Crippen molar-refractivity contribution in [2.24, 2.45) is 0 Å². The topological polar surface area (TPSA) is 6.48 Å². The SMILES string of the molecule is CC(C)(C)c1ccc(-c2ccc3c(c2)B2c4ccc(-c5cccc6c5C(c5ccccc5)(c5ccccc5)c5ccccc5-6)cc4N(c4ccc(C(C)(C)C)cc4-c4ccccc4)c4cc(C(C)(C)C)cc(c42)N3c2c(-c3ccccc3)cccc2-c2ccccc2)cc1. The molecule has 0 amide bonds. The van der Waals surface area contributed by atoms with Crippen molar-refractivity contribution in [3.8, 4) is 66.8 Å². The summed E-state index contributed by atoms with van der Waals surface area (Å²) in [6.45, 7) is 20.9. The van der Waals surface area contributed by atoms with Gasteiger partial charge >= 0.3 is 0 Å². The predicted molar refractivity (Wildman–Crippen MR) is 401 cm³/mol. The summed E-state index contributed by atoms with van der Waals surface area (Å²) < 4.78 is 0. The van der Waals surface area contributed by atoms with Crippen molar-refractivity contribution >= 4 is 57.2 Å². The predicted octanol–water partition coefficient (Wildman–Crippen LogP) is 22.4. The standard InChI is InChI=1S/C91H77BN2/c1-88(2,3)66-49-45-60(46-50-66)64-48-53-81-79(55-64)92-78-52-47-65(71-40-27-43-75-74-39-25-26-44-77(74)91(85(71)75,67-35-21-13-22-36-67)68-37-23-14-24-38-68)56-82(78)93(80-54-51-69(89(4,5)6)57-76(80)63-33-19-12-20-34-63)83-58-70(90(7,8)9)59-84(86(83)92)94(81)87-72(61-29-15-10-16-30-61)41-28-42-73(87)62-31-17-11-18-32-62/h10-59H,1-9H3. The Bertz CT molecular complexity index is 4950. The second kappa shape index (κ2) is 22.4. The quantitative estimate of drug-likeness (QED) is 0.133. The number of nitrogens with zero attached hydrogens (tertiary/aromatic N) is 2. The molecule has 2 aliphatic heterocycles. The van der Waals surface area contributed by atoms with Gasteiger partial charge in [-0.25, -0.2) is 0 Å². The van der Waals surface area contributed by atoms with Crippen LogP contribution in [0.4, 0.5) is 34.1 Å². The molecule has 0 unspecified atom stereocenters. The maximum Gasteiger partial charge on any atom is 0.252 e. The average Bonchev–Trinajstić information content (AvgIpc) is 1.12. The maximum atomic E-state index is 2.69. The summed E-state index contributed by atoms with van der Waals surface area (Å²) in [6.07, 6.45) is 0. The van der Waals surface area contributed by atoms with Gasteiger partial charge in [-0.05, 0) is 158 Å². The Balaban J connectivity index is 1.05. The molecule has 0 bridgehead atoms. The minimum absolute atomic E-state index is 0.0158. The van der Waals surface area contributed by atoms with Crippen molar-refractivity contribution < 1.29 is 0 Å². The van der Waals surface area contributed by atoms with E-state index in [2.05, 4.69) is 375 Å². The van der Waals surface area contributed by atoms with Crippen LogP contribution in [0.1, 0.15) is 101 Å². The molecule has 0 fully saturated rings. The third kappa shape index (κ3) is 9.53. The van der Waals surface area contributed by atoms with Gasteiger partial charge < -0.3 is 9.80 Å². The molecule has 0 aromatic heterocycles. The van der Waals surface area contributed by atoms with Gasteiger partial charge in [0.25, 0.3) is 6.71 Å². The van der Waals surface area contributed by atoms with Crippen LogP contribution in [0.2, 0.25) is 0 Å². The Morgan fingerprint density at radius 3 is 1.30 bits per heavy atom. The summed E-state index contributed by atoms with van der Waals surface area (Å²) in [6, 6.07) is 116. The highest BCUT2D eigenvalue weighted by atomic mass is 15.2. The minimum atomic E-state index is -0.616. The van der Waals surface area contributed by atoms with Crippen molar-refractivity contribution in [2.45, 2.75) is 84.0 Å². The van der Waals surface area contributed by atoms with Gasteiger partial charge in [-0.3, -0.25) is 0 Å². The van der Waals surface area contributed by atoms with Crippen LogP contribution in [0.3, 0.4) is 0 Å². The first-order chi connectivity index (χ1) is 45.6. The van der Waals surface area contributed by atoms with Gasteiger partial charge in [0.2, 0.25) is 0 Å². The van der Waals surface area contributed by atoms with Gasteiger partial charge in [-0.15, -0.1) is 0 Å². The number of fused-ring (bicyclic) bond motifs is 7. The highest BCUT2D eigenvalue weighted by Crippen LogP contribution is 2.60. The van der Waals surface area contributed by atoms with Crippen LogP contribution >= 0.6 is 0 Å². The fourth-order valence-corrected chi connectivity index (χ4v) is 15.7. The molecule has 0 saturated heterocycles. The van der Waals surface area contributed by atoms with E-state index in [1.807, 2.05) is 0 Å². The van der Waals surface area contributed by atoms with E-state index in [4.69, 9.17) is 0 Å². The van der Waals surface area contributed by atoms with Gasteiger partial charge in [0.1, 0.15) is 0 Å². The maximum absolute atomic E-state index is 2.69. The molecule has 0 atom stereocenters. The van der Waals surface area contributed by atoms with E-state index in [9.17, 15) is 0 Å². The molecular weight excluding hydrogens is 1130 g/mol. The number of benzene rings is 13. The summed E-state index contributed by atoms with van der Waals surface area (Å²) in [4.78, 5) is 5.37. The summed E-state index contributed by atoms with van der Waals surface area (Å²) in [5.74, 6) is 0. The lowest BCUT2D eigenvalue weighted by Crippen LogP contribution is -2.61. The third-order valence-electron chi connectivity index (χ3n) is 20.4. The fourth-order valence-electron chi connectivity index (χ4n) is 15.7. The lowest BCUT2D eigenvalue weighted by molar-refractivity contribution is 0.590. The normalized spacial score (nSPS) is 13.6. The van der Waals surface area contributed by atoms with Crippen molar-refractivity contribution in [3.63, 3.8) is 0 Å². The zero-order valence-corrected chi connectivity index (χ0v) is 55.3. The van der Waals surface area contributed by atoms with Crippen molar-refractivity contribution in [3.05, 3.63) is 342 Å². The Kier molecular flexibility index (Phi) is 14.0. The highest BCUT2D eigenvalue weighted by Gasteiger charge is 2.49. The summed E-state index contributed by atoms with van der Waals surface area (Å²) >= 11 is 0. The first-order valence-electron chi connectivity index (χ1n) is 33.5. The molecule has 3 heteroatoms. The fraction of sp³-hybridized carbons (Fsp3) is 0.143. The van der Waals surface area contributed by atoms with E-state index in [1.165, 1.54) is 145 Å². The average molecular weight is 1210 g/mol. The van der Waals surface area contributed by atoms with Gasteiger partial charge in [0.15, 0.2) is 0 Å². The zero-order chi connectivity index (χ0) is 64.3. The van der Waals surface area contributed by atoms with Crippen LogP contribution in [-0.4, -0.2) is 6.71 Å². The molecule has 1 aliphatic carbocycles. The molecule has 0 saturated carbocycles. The third-order valence-corrected chi connectivity index (χ3v) is 20.4. The molecule has 2 nitrogen and oxygen atoms in total. The Hall–Kier alpha value is -10.5. The van der Waals surface area contributed by atoms with E-state index >= 15 is 0 Å². The zero-order valence-electron chi connectivity index (χ0n) is 55.3. The molecule has 13 aromatic rings. The van der Waals surface area contributed by atoms with Crippen molar-refractivity contribution in [2.75, 3.05) is 9.80 Å². The van der Waals surface area contributed by atoms with Gasteiger partial charge in [0, 0.05) is 39.4 Å². The van der Waals surface area contributed by atoms with Crippen LogP contribution in [0.5, 0.6) is 0 Å². The molecule has 0 spiro atoms. The van der Waals surface area contributed by atoms with Gasteiger partial charge in [-0.2, -0.15) is 0 Å². The van der Waals surface area contributed by atoms with E-state index < -0.39 is 5.41 Å². The number of hydrogen-bond acceptors (Lipinski definition) is 2. The second-order valence-corrected chi connectivity index (χ2v) is 29.2. The van der Waals surface area contributed by atoms with E-state index in [1.54, 1.807) is 0 Å². The Morgan fingerprint density at radius 1 is 0.266 bits per heavy atom. The molecule has 454 valence electrons. The lowest BCUT2D eigenvalue weighted by atomic mass is 9.33. The van der Waals surface area contributed by atoms with Crippen LogP contribution < -0.4 is 26.2 Å². The van der Waals surface area contributed by atoms with Gasteiger partial charge in [-0.1, -0.05) is 329 Å². The number of rotatable bonds is 9. The number of para-hydroxylation sites is 1. The highest BCUT2D eigenvalue weighted by molar-refractivity contribution is 7.00. The van der Waals surface area contributed by atoms with E-state index in [0.717, 1.165) is 11.4 Å². The molecule has 16 rings (SSSR count). The molecule has 2 heterocycles. The van der Waals surface area contributed by atoms with E-state index in [-0.39, 0.29) is 23.0 Å². The largest absolute Gasteiger partial charge is 0.311 e. The Morgan fingerprint density at radius 2 is 0.723 bits per heavy atom. The van der Waals surface area contributed by atoms with Gasteiger partial charge in [0.05, 0.1) is 16.8 Å². The number of anilines is 6. The van der Waals surface area contributed by atoms with Crippen LogP contribution in [0.15, 0.2) is 303 Å². The van der Waals surface area contributed by atoms with Crippen LogP contribution in [0.25, 0.3) is 66.8 Å². The molecule has 0 radical (unpaired) electrons. The van der Waals surface area contributed by atoms with E-state index in [0.29, 0.717) is 0 Å². The second-order valence-electron chi connectivity index (χ2n) is 29.2. The molecule has 13 aromatic carbocycles. The minimum Gasteiger partial charge on any atom is -0.311 e.